The number of carbonyl (C=O) groups excluding carboxylic acids is 1. The third kappa shape index (κ3) is 2.64. The summed E-state index contributed by atoms with van der Waals surface area (Å²) >= 11 is 0. The van der Waals surface area contributed by atoms with Crippen LogP contribution in [0.15, 0.2) is 36.4 Å². The summed E-state index contributed by atoms with van der Waals surface area (Å²) in [7, 11) is 0. The van der Waals surface area contributed by atoms with Gasteiger partial charge in [-0.1, -0.05) is 18.2 Å². The highest BCUT2D eigenvalue weighted by Gasteiger charge is 2.29. The van der Waals surface area contributed by atoms with Crippen LogP contribution >= 0.6 is 0 Å². The summed E-state index contributed by atoms with van der Waals surface area (Å²) in [4.78, 5) is 18.0. The molecule has 26 heavy (non-hydrogen) atoms. The zero-order valence-corrected chi connectivity index (χ0v) is 14.4. The van der Waals surface area contributed by atoms with E-state index < -0.39 is 0 Å². The van der Waals surface area contributed by atoms with Crippen LogP contribution in [0.3, 0.4) is 0 Å². The smallest absolute Gasteiger partial charge is 0.270 e. The Morgan fingerprint density at radius 1 is 1.23 bits per heavy atom. The summed E-state index contributed by atoms with van der Waals surface area (Å²) in [5.41, 5.74) is 2.64. The molecular formula is C19H21N5O2. The molecule has 0 radical (unpaired) electrons. The van der Waals surface area contributed by atoms with E-state index in [1.165, 1.54) is 0 Å². The first kappa shape index (κ1) is 15.5. The molecule has 0 bridgehead atoms. The van der Waals surface area contributed by atoms with E-state index in [4.69, 9.17) is 0 Å². The Balaban J connectivity index is 1.31. The molecule has 134 valence electrons. The van der Waals surface area contributed by atoms with Crippen molar-refractivity contribution in [2.24, 2.45) is 0 Å². The second-order valence-corrected chi connectivity index (χ2v) is 7.21. The molecule has 7 nitrogen and oxygen atoms in total. The number of benzene rings is 1. The van der Waals surface area contributed by atoms with Crippen molar-refractivity contribution < 1.29 is 9.90 Å². The number of rotatable bonds is 3. The molecule has 1 amide bonds. The molecule has 0 saturated heterocycles. The summed E-state index contributed by atoms with van der Waals surface area (Å²) in [5.74, 6) is 0.849. The van der Waals surface area contributed by atoms with Crippen molar-refractivity contribution in [3.05, 3.63) is 47.8 Å². The highest BCUT2D eigenvalue weighted by molar-refractivity contribution is 5.98. The van der Waals surface area contributed by atoms with Gasteiger partial charge in [0.1, 0.15) is 11.5 Å². The lowest BCUT2D eigenvalue weighted by molar-refractivity contribution is 0.0701. The number of carbonyl (C=O) groups is 1. The maximum atomic E-state index is 12.9. The van der Waals surface area contributed by atoms with Gasteiger partial charge in [-0.05, 0) is 25.0 Å². The van der Waals surface area contributed by atoms with Crippen molar-refractivity contribution in [3.8, 4) is 0 Å². The molecule has 1 aliphatic carbocycles. The highest BCUT2D eigenvalue weighted by Crippen LogP contribution is 2.25. The molecule has 2 aliphatic rings. The first-order chi connectivity index (χ1) is 12.7. The molecule has 0 unspecified atom stereocenters. The van der Waals surface area contributed by atoms with Crippen molar-refractivity contribution in [3.63, 3.8) is 0 Å². The number of hydrogen-bond donors (Lipinski definition) is 3. The van der Waals surface area contributed by atoms with Gasteiger partial charge < -0.3 is 20.3 Å². The number of para-hydroxylation sites is 1. The largest absolute Gasteiger partial charge is 0.393 e. The van der Waals surface area contributed by atoms with Gasteiger partial charge in [-0.3, -0.25) is 9.48 Å². The number of hydrogen-bond acceptors (Lipinski definition) is 4. The van der Waals surface area contributed by atoms with Crippen LogP contribution in [0.5, 0.6) is 0 Å². The van der Waals surface area contributed by atoms with Gasteiger partial charge in [0.25, 0.3) is 5.91 Å². The predicted octanol–water partition coefficient (Wildman–Crippen LogP) is 1.96. The summed E-state index contributed by atoms with van der Waals surface area (Å²) in [6.07, 6.45) is 1.36. The minimum Gasteiger partial charge on any atom is -0.393 e. The van der Waals surface area contributed by atoms with Gasteiger partial charge in [-0.15, -0.1) is 0 Å². The van der Waals surface area contributed by atoms with Crippen LogP contribution in [0, 0.1) is 0 Å². The number of aromatic amines is 1. The zero-order valence-electron chi connectivity index (χ0n) is 14.4. The second kappa shape index (κ2) is 5.88. The fourth-order valence-electron chi connectivity index (χ4n) is 3.78. The number of aliphatic hydroxyl groups excluding tert-OH is 1. The van der Waals surface area contributed by atoms with E-state index in [2.05, 4.69) is 15.4 Å². The SMILES string of the molecule is O=C(c1cc2ccccc2[nH]1)N1CCn2nc(NC3CC(O)C3)cc2C1. The topological polar surface area (TPSA) is 86.2 Å². The van der Waals surface area contributed by atoms with E-state index in [0.717, 1.165) is 35.3 Å². The molecule has 0 atom stereocenters. The molecule has 2 aromatic heterocycles. The first-order valence-corrected chi connectivity index (χ1v) is 9.04. The van der Waals surface area contributed by atoms with E-state index in [9.17, 15) is 9.90 Å². The zero-order chi connectivity index (χ0) is 17.7. The van der Waals surface area contributed by atoms with Crippen LogP contribution < -0.4 is 5.32 Å². The number of amides is 1. The molecular weight excluding hydrogens is 330 g/mol. The summed E-state index contributed by atoms with van der Waals surface area (Å²) in [5, 5.41) is 18.4. The van der Waals surface area contributed by atoms with E-state index in [0.29, 0.717) is 31.4 Å². The number of aliphatic hydroxyl groups is 1. The monoisotopic (exact) mass is 351 g/mol. The van der Waals surface area contributed by atoms with Crippen molar-refractivity contribution in [2.75, 3.05) is 11.9 Å². The standard InChI is InChI=1S/C19H21N5O2/c25-15-8-13(9-15)20-18-10-14-11-23(5-6-24(14)22-18)19(26)17-7-12-3-1-2-4-16(12)21-17/h1-4,7,10,13,15,21,25H,5-6,8-9,11H2,(H,20,22). The minimum absolute atomic E-state index is 0.0188. The van der Waals surface area contributed by atoms with E-state index in [1.807, 2.05) is 46.0 Å². The van der Waals surface area contributed by atoms with Gasteiger partial charge in [0.05, 0.1) is 24.9 Å². The molecule has 5 rings (SSSR count). The third-order valence-corrected chi connectivity index (χ3v) is 5.31. The van der Waals surface area contributed by atoms with E-state index in [-0.39, 0.29) is 12.0 Å². The van der Waals surface area contributed by atoms with Crippen LogP contribution in [-0.4, -0.2) is 49.4 Å². The van der Waals surface area contributed by atoms with Crippen molar-refractivity contribution in [1.29, 1.82) is 0 Å². The Hall–Kier alpha value is -2.80. The maximum absolute atomic E-state index is 12.9. The van der Waals surface area contributed by atoms with Crippen LogP contribution in [0.1, 0.15) is 29.0 Å². The van der Waals surface area contributed by atoms with Gasteiger partial charge in [-0.2, -0.15) is 5.10 Å². The summed E-state index contributed by atoms with van der Waals surface area (Å²) in [6, 6.07) is 12.1. The number of nitrogens with zero attached hydrogens (tertiary/aromatic N) is 3. The molecule has 3 aromatic rings. The van der Waals surface area contributed by atoms with E-state index >= 15 is 0 Å². The van der Waals surface area contributed by atoms with Gasteiger partial charge in [0.2, 0.25) is 0 Å². The van der Waals surface area contributed by atoms with Crippen molar-refractivity contribution in [1.82, 2.24) is 19.7 Å². The molecule has 0 spiro atoms. The molecule has 7 heteroatoms. The molecule has 1 aliphatic heterocycles. The average Bonchev–Trinajstić information content (AvgIpc) is 3.22. The van der Waals surface area contributed by atoms with Crippen LogP contribution in [0.2, 0.25) is 0 Å². The Kier molecular flexibility index (Phi) is 3.49. The fraction of sp³-hybridized carbons (Fsp3) is 0.368. The van der Waals surface area contributed by atoms with Gasteiger partial charge in [-0.25, -0.2) is 0 Å². The Labute approximate surface area is 150 Å². The Bertz CT molecular complexity index is 936. The lowest BCUT2D eigenvalue weighted by atomic mass is 9.89. The normalized spacial score (nSPS) is 22.1. The molecule has 1 aromatic carbocycles. The summed E-state index contributed by atoms with van der Waals surface area (Å²) in [6.45, 7) is 1.89. The highest BCUT2D eigenvalue weighted by atomic mass is 16.3. The lowest BCUT2D eigenvalue weighted by Gasteiger charge is -2.31. The minimum atomic E-state index is -0.186. The maximum Gasteiger partial charge on any atom is 0.270 e. The summed E-state index contributed by atoms with van der Waals surface area (Å²) < 4.78 is 1.96. The fourth-order valence-corrected chi connectivity index (χ4v) is 3.78. The van der Waals surface area contributed by atoms with Crippen molar-refractivity contribution in [2.45, 2.75) is 38.1 Å². The molecule has 1 saturated carbocycles. The van der Waals surface area contributed by atoms with Crippen LogP contribution in [0.4, 0.5) is 5.82 Å². The second-order valence-electron chi connectivity index (χ2n) is 7.21. The predicted molar refractivity (Wildman–Crippen MR) is 97.9 cm³/mol. The van der Waals surface area contributed by atoms with Gasteiger partial charge in [0.15, 0.2) is 0 Å². The van der Waals surface area contributed by atoms with Crippen LogP contribution in [-0.2, 0) is 13.1 Å². The van der Waals surface area contributed by atoms with Gasteiger partial charge >= 0.3 is 0 Å². The number of nitrogens with one attached hydrogen (secondary N) is 2. The van der Waals surface area contributed by atoms with E-state index in [1.54, 1.807) is 0 Å². The number of fused-ring (bicyclic) bond motifs is 2. The average molecular weight is 351 g/mol. The molecule has 3 N–H and O–H groups in total. The lowest BCUT2D eigenvalue weighted by Crippen LogP contribution is -2.39. The third-order valence-electron chi connectivity index (χ3n) is 5.31. The first-order valence-electron chi connectivity index (χ1n) is 9.04. The Morgan fingerprint density at radius 2 is 2.08 bits per heavy atom. The number of aromatic nitrogens is 3. The molecule has 1 fully saturated rings. The van der Waals surface area contributed by atoms with Gasteiger partial charge in [0, 0.05) is 29.6 Å². The van der Waals surface area contributed by atoms with Crippen molar-refractivity contribution >= 4 is 22.6 Å². The number of anilines is 1. The Morgan fingerprint density at radius 3 is 2.88 bits per heavy atom. The number of H-pyrrole nitrogens is 1. The van der Waals surface area contributed by atoms with Crippen LogP contribution in [0.25, 0.3) is 10.9 Å². The molecule has 3 heterocycles. The quantitative estimate of drug-likeness (QED) is 0.673.